The molecule has 0 bridgehead atoms. The van der Waals surface area contributed by atoms with Gasteiger partial charge in [0.1, 0.15) is 18.0 Å². The maximum Gasteiger partial charge on any atom is 0.508 e. The van der Waals surface area contributed by atoms with Gasteiger partial charge in [-0.2, -0.15) is 0 Å². The summed E-state index contributed by atoms with van der Waals surface area (Å²) in [6.45, 7) is 2.15. The topological polar surface area (TPSA) is 71.1 Å². The minimum Gasteiger partial charge on any atom is -0.482 e. The summed E-state index contributed by atoms with van der Waals surface area (Å²) >= 11 is 0. The highest BCUT2D eigenvalue weighted by atomic mass is 16.7. The molecule has 0 spiro atoms. The number of benzene rings is 1. The molecular weight excluding hydrogens is 456 g/mol. The van der Waals surface area contributed by atoms with E-state index >= 15 is 0 Å². The van der Waals surface area contributed by atoms with Crippen molar-refractivity contribution in [2.45, 2.75) is 109 Å². The molecule has 4 atom stereocenters. The quantitative estimate of drug-likeness (QED) is 0.232. The Kier molecular flexibility index (Phi) is 9.94. The number of fused-ring (bicyclic) bond motifs is 2. The number of esters is 1. The van der Waals surface area contributed by atoms with Crippen LogP contribution in [-0.4, -0.2) is 38.0 Å². The summed E-state index contributed by atoms with van der Waals surface area (Å²) in [6, 6.07) is 6.21. The molecule has 6 nitrogen and oxygen atoms in total. The second-order valence-electron chi connectivity index (χ2n) is 11.0. The van der Waals surface area contributed by atoms with Crippen LogP contribution in [0.3, 0.4) is 0 Å². The van der Waals surface area contributed by atoms with Crippen LogP contribution < -0.4 is 4.74 Å². The van der Waals surface area contributed by atoms with Crippen molar-refractivity contribution in [1.82, 2.24) is 0 Å². The number of carbonyl (C=O) groups excluding carboxylic acids is 2. The van der Waals surface area contributed by atoms with Crippen molar-refractivity contribution in [3.63, 3.8) is 0 Å². The standard InChI is InChI=1S/C30H44O6/c1-3-4-5-10-25(36-30(32)35-24-11-6-7-12-24)17-16-21-14-15-23-19-27-22(18-26(21)23)9-8-13-28(27)34-20-29(31)33-2/h8-9,13,21,23-26H,3-7,10-12,14-20H2,1-2H3. The van der Waals surface area contributed by atoms with Gasteiger partial charge in [0, 0.05) is 0 Å². The predicted octanol–water partition coefficient (Wildman–Crippen LogP) is 6.80. The molecule has 0 aliphatic heterocycles. The van der Waals surface area contributed by atoms with Crippen LogP contribution in [0.5, 0.6) is 5.75 Å². The summed E-state index contributed by atoms with van der Waals surface area (Å²) in [5.41, 5.74) is 2.61. The van der Waals surface area contributed by atoms with E-state index in [0.717, 1.165) is 76.4 Å². The molecule has 1 aromatic carbocycles. The molecule has 0 heterocycles. The van der Waals surface area contributed by atoms with Gasteiger partial charge in [-0.15, -0.1) is 0 Å². The highest BCUT2D eigenvalue weighted by Gasteiger charge is 2.40. The monoisotopic (exact) mass is 500 g/mol. The summed E-state index contributed by atoms with van der Waals surface area (Å²) in [7, 11) is 1.38. The number of methoxy groups -OCH3 is 1. The Morgan fingerprint density at radius 2 is 1.86 bits per heavy atom. The number of unbranched alkanes of at least 4 members (excludes halogenated alkanes) is 2. The van der Waals surface area contributed by atoms with Crippen LogP contribution in [0.1, 0.15) is 95.1 Å². The molecule has 2 saturated carbocycles. The number of carbonyl (C=O) groups is 2. The van der Waals surface area contributed by atoms with Gasteiger partial charge in [-0.1, -0.05) is 31.9 Å². The van der Waals surface area contributed by atoms with Crippen LogP contribution >= 0.6 is 0 Å². The number of hydrogen-bond donors (Lipinski definition) is 0. The first-order valence-electron chi connectivity index (χ1n) is 14.2. The summed E-state index contributed by atoms with van der Waals surface area (Å²) in [5.74, 6) is 2.44. The lowest BCUT2D eigenvalue weighted by Crippen LogP contribution is -2.27. The summed E-state index contributed by atoms with van der Waals surface area (Å²) < 4.78 is 22.0. The smallest absolute Gasteiger partial charge is 0.482 e. The van der Waals surface area contributed by atoms with Gasteiger partial charge in [-0.05, 0) is 112 Å². The average molecular weight is 501 g/mol. The Balaban J connectivity index is 1.32. The molecular formula is C30H44O6. The van der Waals surface area contributed by atoms with E-state index in [4.69, 9.17) is 18.9 Å². The average Bonchev–Trinajstić information content (AvgIpc) is 3.54. The van der Waals surface area contributed by atoms with Crippen molar-refractivity contribution >= 4 is 12.1 Å². The summed E-state index contributed by atoms with van der Waals surface area (Å²) in [4.78, 5) is 24.0. The van der Waals surface area contributed by atoms with E-state index < -0.39 is 6.16 Å². The van der Waals surface area contributed by atoms with Crippen molar-refractivity contribution in [3.8, 4) is 5.75 Å². The molecule has 0 N–H and O–H groups in total. The molecule has 0 saturated heterocycles. The van der Waals surface area contributed by atoms with Crippen molar-refractivity contribution in [3.05, 3.63) is 29.3 Å². The van der Waals surface area contributed by atoms with E-state index in [1.165, 1.54) is 37.5 Å². The Morgan fingerprint density at radius 3 is 2.64 bits per heavy atom. The van der Waals surface area contributed by atoms with E-state index in [2.05, 4.69) is 13.0 Å². The molecule has 3 aliphatic rings. The van der Waals surface area contributed by atoms with Gasteiger partial charge < -0.3 is 18.9 Å². The molecule has 1 aromatic rings. The van der Waals surface area contributed by atoms with Crippen molar-refractivity contribution in [1.29, 1.82) is 0 Å². The normalized spacial score (nSPS) is 24.0. The molecule has 6 heteroatoms. The first kappa shape index (κ1) is 26.8. The third kappa shape index (κ3) is 7.17. The Morgan fingerprint density at radius 1 is 1.03 bits per heavy atom. The maximum absolute atomic E-state index is 12.5. The molecule has 4 rings (SSSR count). The molecule has 0 radical (unpaired) electrons. The molecule has 3 aliphatic carbocycles. The highest BCUT2D eigenvalue weighted by Crippen LogP contribution is 2.48. The molecule has 200 valence electrons. The first-order valence-corrected chi connectivity index (χ1v) is 14.2. The van der Waals surface area contributed by atoms with E-state index in [0.29, 0.717) is 17.8 Å². The van der Waals surface area contributed by atoms with Gasteiger partial charge in [-0.25, -0.2) is 9.59 Å². The zero-order chi connectivity index (χ0) is 25.3. The van der Waals surface area contributed by atoms with Gasteiger partial charge >= 0.3 is 12.1 Å². The summed E-state index contributed by atoms with van der Waals surface area (Å²) in [5, 5.41) is 0. The third-order valence-corrected chi connectivity index (χ3v) is 8.66. The van der Waals surface area contributed by atoms with Crippen LogP contribution in [0, 0.1) is 17.8 Å². The Hall–Kier alpha value is -2.24. The van der Waals surface area contributed by atoms with Gasteiger partial charge in [0.15, 0.2) is 6.61 Å². The van der Waals surface area contributed by atoms with Crippen LogP contribution in [0.4, 0.5) is 4.79 Å². The first-order chi connectivity index (χ1) is 17.6. The third-order valence-electron chi connectivity index (χ3n) is 8.66. The van der Waals surface area contributed by atoms with Crippen LogP contribution in [0.2, 0.25) is 0 Å². The predicted molar refractivity (Wildman–Crippen MR) is 138 cm³/mol. The lowest BCUT2D eigenvalue weighted by atomic mass is 9.73. The largest absolute Gasteiger partial charge is 0.508 e. The Bertz CT molecular complexity index is 861. The minimum absolute atomic E-state index is 0.0429. The van der Waals surface area contributed by atoms with E-state index in [-0.39, 0.29) is 24.8 Å². The lowest BCUT2D eigenvalue weighted by Gasteiger charge is -2.32. The number of rotatable bonds is 12. The van der Waals surface area contributed by atoms with Gasteiger partial charge in [0.2, 0.25) is 0 Å². The number of ether oxygens (including phenoxy) is 4. The van der Waals surface area contributed by atoms with Crippen LogP contribution in [-0.2, 0) is 31.8 Å². The molecule has 0 aromatic heterocycles. The maximum atomic E-state index is 12.5. The second kappa shape index (κ2) is 13.3. The van der Waals surface area contributed by atoms with Crippen molar-refractivity contribution < 1.29 is 28.5 Å². The fraction of sp³-hybridized carbons (Fsp3) is 0.733. The van der Waals surface area contributed by atoms with Gasteiger partial charge in [0.25, 0.3) is 0 Å². The highest BCUT2D eigenvalue weighted by molar-refractivity contribution is 5.71. The van der Waals surface area contributed by atoms with E-state index in [1.807, 2.05) is 12.1 Å². The molecule has 2 fully saturated rings. The van der Waals surface area contributed by atoms with Crippen LogP contribution in [0.25, 0.3) is 0 Å². The lowest BCUT2D eigenvalue weighted by molar-refractivity contribution is -0.142. The fourth-order valence-corrected chi connectivity index (χ4v) is 6.66. The number of hydrogen-bond acceptors (Lipinski definition) is 6. The zero-order valence-electron chi connectivity index (χ0n) is 22.2. The van der Waals surface area contributed by atoms with Gasteiger partial charge in [-0.3, -0.25) is 0 Å². The van der Waals surface area contributed by atoms with Crippen molar-refractivity contribution in [2.24, 2.45) is 17.8 Å². The van der Waals surface area contributed by atoms with E-state index in [9.17, 15) is 9.59 Å². The SMILES string of the molecule is CCCCCC(CCC1CCC2Cc3c(cccc3OCC(=O)OC)CC12)OC(=O)OC1CCCC1. The Labute approximate surface area is 216 Å². The molecule has 4 unspecified atom stereocenters. The zero-order valence-corrected chi connectivity index (χ0v) is 22.2. The molecule has 0 amide bonds. The second-order valence-corrected chi connectivity index (χ2v) is 11.0. The van der Waals surface area contributed by atoms with Crippen LogP contribution in [0.15, 0.2) is 18.2 Å². The van der Waals surface area contributed by atoms with E-state index in [1.54, 1.807) is 0 Å². The van der Waals surface area contributed by atoms with Crippen molar-refractivity contribution in [2.75, 3.05) is 13.7 Å². The van der Waals surface area contributed by atoms with Gasteiger partial charge in [0.05, 0.1) is 7.11 Å². The fourth-order valence-electron chi connectivity index (χ4n) is 6.66. The molecule has 36 heavy (non-hydrogen) atoms. The minimum atomic E-state index is -0.459. The summed E-state index contributed by atoms with van der Waals surface area (Å²) in [6.07, 6.45) is 14.7.